The summed E-state index contributed by atoms with van der Waals surface area (Å²) in [6.07, 6.45) is 0. The molecule has 3 heterocycles. The first-order valence-corrected chi connectivity index (χ1v) is 17.1. The summed E-state index contributed by atoms with van der Waals surface area (Å²) in [6.45, 7) is 0. The molecule has 0 saturated carbocycles. The first-order valence-electron chi connectivity index (χ1n) is 15.4. The van der Waals surface area contributed by atoms with E-state index in [0.717, 1.165) is 0 Å². The van der Waals surface area contributed by atoms with Gasteiger partial charge in [-0.15, -0.1) is 22.7 Å². The van der Waals surface area contributed by atoms with Crippen molar-refractivity contribution in [2.45, 2.75) is 0 Å². The van der Waals surface area contributed by atoms with Gasteiger partial charge in [0.2, 0.25) is 0 Å². The zero-order valence-electron chi connectivity index (χ0n) is 23.9. The van der Waals surface area contributed by atoms with Gasteiger partial charge in [-0.05, 0) is 68.0 Å². The highest BCUT2D eigenvalue weighted by Crippen LogP contribution is 2.51. The van der Waals surface area contributed by atoms with E-state index in [-0.39, 0.29) is 0 Å². The van der Waals surface area contributed by atoms with Crippen LogP contribution >= 0.6 is 22.7 Å². The average Bonchev–Trinajstić information content (AvgIpc) is 3.76. The lowest BCUT2D eigenvalue weighted by Gasteiger charge is -2.16. The van der Waals surface area contributed by atoms with Gasteiger partial charge in [-0.1, -0.05) is 97.1 Å². The van der Waals surface area contributed by atoms with E-state index in [0.29, 0.717) is 0 Å². The topological polar surface area (TPSA) is 4.93 Å². The van der Waals surface area contributed by atoms with Gasteiger partial charge in [-0.3, -0.25) is 0 Å². The maximum absolute atomic E-state index is 2.66. The number of benzene rings is 9. The third-order valence-corrected chi connectivity index (χ3v) is 12.6. The predicted octanol–water partition coefficient (Wildman–Crippen LogP) is 13.0. The highest BCUT2D eigenvalue weighted by Gasteiger charge is 2.26. The van der Waals surface area contributed by atoms with Gasteiger partial charge in [0, 0.05) is 47.1 Å². The fourth-order valence-corrected chi connectivity index (χ4v) is 10.8. The summed E-state index contributed by atoms with van der Waals surface area (Å²) in [4.78, 5) is 0. The Labute approximate surface area is 264 Å². The van der Waals surface area contributed by atoms with Crippen LogP contribution in [0, 0.1) is 0 Å². The summed E-state index contributed by atoms with van der Waals surface area (Å²) in [5.41, 5.74) is 3.93. The third kappa shape index (κ3) is 2.72. The maximum Gasteiger partial charge on any atom is 0.0726 e. The van der Waals surface area contributed by atoms with Crippen LogP contribution < -0.4 is 0 Å². The zero-order valence-corrected chi connectivity index (χ0v) is 25.5. The SMILES string of the molecule is c1cc2ccc3ccc(-n4c5c6sc7ccccc7c6cc6ccc7cc8c9ccccc9sc8c4c7c65)c4ccc(c1)c2c34. The number of aromatic nitrogens is 1. The van der Waals surface area contributed by atoms with E-state index in [4.69, 9.17) is 0 Å². The van der Waals surface area contributed by atoms with Crippen LogP contribution in [0.3, 0.4) is 0 Å². The van der Waals surface area contributed by atoms with Crippen LogP contribution in [0.2, 0.25) is 0 Å². The lowest BCUT2D eigenvalue weighted by atomic mass is 9.93. The van der Waals surface area contributed by atoms with Gasteiger partial charge in [-0.25, -0.2) is 0 Å². The summed E-state index contributed by atoms with van der Waals surface area (Å²) in [5, 5.41) is 18.7. The molecule has 0 aliphatic carbocycles. The van der Waals surface area contributed by atoms with Crippen molar-refractivity contribution in [2.75, 3.05) is 0 Å². The summed E-state index contributed by atoms with van der Waals surface area (Å²) in [5.74, 6) is 0. The molecule has 0 bridgehead atoms. The maximum atomic E-state index is 2.66. The van der Waals surface area contributed by atoms with Crippen molar-refractivity contribution < 1.29 is 0 Å². The second-order valence-corrected chi connectivity index (χ2v) is 14.5. The van der Waals surface area contributed by atoms with Crippen molar-refractivity contribution in [3.05, 3.63) is 127 Å². The van der Waals surface area contributed by atoms with Crippen LogP contribution in [0.1, 0.15) is 0 Å². The normalized spacial score (nSPS) is 12.9. The van der Waals surface area contributed by atoms with Gasteiger partial charge >= 0.3 is 0 Å². The summed E-state index contributed by atoms with van der Waals surface area (Å²) in [7, 11) is 0. The fraction of sp³-hybridized carbons (Fsp3) is 0. The first kappa shape index (κ1) is 23.2. The molecule has 45 heavy (non-hydrogen) atoms. The van der Waals surface area contributed by atoms with E-state index in [2.05, 4.69) is 132 Å². The Morgan fingerprint density at radius 3 is 1.49 bits per heavy atom. The largest absolute Gasteiger partial charge is 0.306 e. The molecule has 0 aliphatic rings. The highest BCUT2D eigenvalue weighted by atomic mass is 32.1. The average molecular weight is 604 g/mol. The third-order valence-electron chi connectivity index (χ3n) is 10.2. The minimum atomic E-state index is 1.26. The minimum Gasteiger partial charge on any atom is -0.306 e. The van der Waals surface area contributed by atoms with Crippen LogP contribution in [-0.2, 0) is 0 Å². The quantitative estimate of drug-likeness (QED) is 0.165. The monoisotopic (exact) mass is 603 g/mol. The predicted molar refractivity (Wildman–Crippen MR) is 199 cm³/mol. The number of hydrogen-bond donors (Lipinski definition) is 0. The molecule has 0 N–H and O–H groups in total. The highest BCUT2D eigenvalue weighted by molar-refractivity contribution is 7.27. The van der Waals surface area contributed by atoms with Gasteiger partial charge in [0.15, 0.2) is 0 Å². The zero-order chi connectivity index (χ0) is 29.0. The summed E-state index contributed by atoms with van der Waals surface area (Å²) < 4.78 is 8.08. The number of thiophene rings is 2. The van der Waals surface area contributed by atoms with E-state index in [1.54, 1.807) is 0 Å². The molecule has 206 valence electrons. The Balaban J connectivity index is 1.41. The van der Waals surface area contributed by atoms with Crippen LogP contribution in [0.5, 0.6) is 0 Å². The molecule has 0 atom stereocenters. The van der Waals surface area contributed by atoms with Crippen molar-refractivity contribution in [3.8, 4) is 5.69 Å². The Bertz CT molecular complexity index is 3050. The molecular formula is C42H21NS2. The second-order valence-electron chi connectivity index (χ2n) is 12.4. The van der Waals surface area contributed by atoms with E-state index in [9.17, 15) is 0 Å². The smallest absolute Gasteiger partial charge is 0.0726 e. The Morgan fingerprint density at radius 1 is 0.356 bits per heavy atom. The molecule has 12 rings (SSSR count). The molecule has 0 spiro atoms. The standard InChI is InChI=1S/C42H21NS2/c1-3-10-33-27(8-1)30-20-25-14-15-26-21-31-28-9-2-4-11-34(28)45-42(31)40-38(26)37(25)39(41(30)44-33)43(40)32-19-17-24-13-12-22-6-5-7-23-16-18-29(32)36(24)35(22)23/h1-21H. The number of fused-ring (bicyclic) bond motifs is 8. The molecule has 9 aromatic carbocycles. The van der Waals surface area contributed by atoms with Crippen LogP contribution in [0.15, 0.2) is 127 Å². The molecule has 0 radical (unpaired) electrons. The lowest BCUT2D eigenvalue weighted by molar-refractivity contribution is 1.22. The van der Waals surface area contributed by atoms with Crippen molar-refractivity contribution in [3.63, 3.8) is 0 Å². The van der Waals surface area contributed by atoms with Gasteiger partial charge < -0.3 is 4.57 Å². The van der Waals surface area contributed by atoms with Gasteiger partial charge in [0.05, 0.1) is 26.1 Å². The minimum absolute atomic E-state index is 1.26. The van der Waals surface area contributed by atoms with E-state index in [1.807, 2.05) is 22.7 Å². The molecular weight excluding hydrogens is 583 g/mol. The number of nitrogens with zero attached hydrogens (tertiary/aromatic N) is 1. The van der Waals surface area contributed by atoms with E-state index in [1.165, 1.54) is 111 Å². The molecule has 0 unspecified atom stereocenters. The molecule has 3 aromatic heterocycles. The molecule has 0 aliphatic heterocycles. The lowest BCUT2D eigenvalue weighted by Crippen LogP contribution is -1.97. The molecule has 0 amide bonds. The van der Waals surface area contributed by atoms with Crippen molar-refractivity contribution >= 4 is 128 Å². The first-order chi connectivity index (χ1) is 22.3. The Morgan fingerprint density at radius 2 is 0.867 bits per heavy atom. The summed E-state index contributed by atoms with van der Waals surface area (Å²) in [6, 6.07) is 48.1. The molecule has 12 aromatic rings. The van der Waals surface area contributed by atoms with Crippen LogP contribution in [0.4, 0.5) is 0 Å². The number of hydrogen-bond acceptors (Lipinski definition) is 2. The van der Waals surface area contributed by atoms with E-state index < -0.39 is 0 Å². The molecule has 0 fully saturated rings. The number of rotatable bonds is 1. The molecule has 3 heteroatoms. The van der Waals surface area contributed by atoms with Gasteiger partial charge in [0.1, 0.15) is 0 Å². The van der Waals surface area contributed by atoms with Crippen LogP contribution in [0.25, 0.3) is 111 Å². The molecule has 0 saturated heterocycles. The Kier molecular flexibility index (Phi) is 4.07. The van der Waals surface area contributed by atoms with Crippen molar-refractivity contribution in [1.29, 1.82) is 0 Å². The fourth-order valence-electron chi connectivity index (χ4n) is 8.39. The molecule has 1 nitrogen and oxygen atoms in total. The second kappa shape index (κ2) is 7.89. The van der Waals surface area contributed by atoms with Crippen molar-refractivity contribution in [1.82, 2.24) is 4.57 Å². The van der Waals surface area contributed by atoms with Gasteiger partial charge in [-0.2, -0.15) is 0 Å². The van der Waals surface area contributed by atoms with E-state index >= 15 is 0 Å². The Hall–Kier alpha value is -5.22. The van der Waals surface area contributed by atoms with Gasteiger partial charge in [0.25, 0.3) is 0 Å². The van der Waals surface area contributed by atoms with Crippen molar-refractivity contribution in [2.24, 2.45) is 0 Å². The van der Waals surface area contributed by atoms with Crippen LogP contribution in [-0.4, -0.2) is 4.57 Å². The summed E-state index contributed by atoms with van der Waals surface area (Å²) >= 11 is 3.87.